The Bertz CT molecular complexity index is 511. The third-order valence-corrected chi connectivity index (χ3v) is 3.74. The number of nitrogens with zero attached hydrogens (tertiary/aromatic N) is 1. The van der Waals surface area contributed by atoms with E-state index < -0.39 is 11.4 Å². The van der Waals surface area contributed by atoms with Crippen molar-refractivity contribution in [3.8, 4) is 0 Å². The molecule has 102 valence electrons. The Morgan fingerprint density at radius 3 is 2.58 bits per heavy atom. The van der Waals surface area contributed by atoms with Gasteiger partial charge in [-0.15, -0.1) is 0 Å². The number of halogens is 1. The zero-order valence-corrected chi connectivity index (χ0v) is 11.5. The van der Waals surface area contributed by atoms with Crippen LogP contribution in [0.3, 0.4) is 0 Å². The van der Waals surface area contributed by atoms with Crippen LogP contribution in [-0.2, 0) is 16.1 Å². The van der Waals surface area contributed by atoms with Crippen LogP contribution in [0.15, 0.2) is 24.3 Å². The van der Waals surface area contributed by atoms with E-state index in [1.807, 2.05) is 19.1 Å². The molecule has 0 bridgehead atoms. The van der Waals surface area contributed by atoms with E-state index in [2.05, 4.69) is 0 Å². The Morgan fingerprint density at radius 2 is 2.11 bits per heavy atom. The highest BCUT2D eigenvalue weighted by Crippen LogP contribution is 2.47. The van der Waals surface area contributed by atoms with Gasteiger partial charge in [-0.1, -0.05) is 23.7 Å². The maximum Gasteiger partial charge on any atom is 0.319 e. The highest BCUT2D eigenvalue weighted by Gasteiger charge is 2.58. The number of hydrogen-bond acceptors (Lipinski definition) is 2. The molecule has 0 atom stereocenters. The standard InChI is InChI=1S/C14H16ClNO3/c1-2-16(9-10-4-3-5-11(15)8-10)12(17)14(6-7-14)13(18)19/h3-5,8H,2,6-7,9H2,1H3,(H,18,19). The zero-order valence-electron chi connectivity index (χ0n) is 10.7. The molecule has 0 unspecified atom stereocenters. The summed E-state index contributed by atoms with van der Waals surface area (Å²) in [5.41, 5.74) is -0.266. The predicted octanol–water partition coefficient (Wildman–Crippen LogP) is 2.55. The molecule has 1 N–H and O–H groups in total. The number of aliphatic carboxylic acids is 1. The fraction of sp³-hybridized carbons (Fsp3) is 0.429. The van der Waals surface area contributed by atoms with Crippen LogP contribution in [0.1, 0.15) is 25.3 Å². The van der Waals surface area contributed by atoms with Crippen molar-refractivity contribution in [2.75, 3.05) is 6.54 Å². The summed E-state index contributed by atoms with van der Waals surface area (Å²) in [5.74, 6) is -1.30. The first-order valence-electron chi connectivity index (χ1n) is 6.27. The van der Waals surface area contributed by atoms with Crippen molar-refractivity contribution >= 4 is 23.5 Å². The second-order valence-electron chi connectivity index (χ2n) is 4.84. The maximum atomic E-state index is 12.3. The maximum absolute atomic E-state index is 12.3. The van der Waals surface area contributed by atoms with Crippen LogP contribution in [-0.4, -0.2) is 28.4 Å². The number of carbonyl (C=O) groups is 2. The number of benzene rings is 1. The normalized spacial score (nSPS) is 15.9. The predicted molar refractivity (Wildman–Crippen MR) is 71.8 cm³/mol. The van der Waals surface area contributed by atoms with Gasteiger partial charge in [-0.25, -0.2) is 0 Å². The lowest BCUT2D eigenvalue weighted by Crippen LogP contribution is -2.40. The van der Waals surface area contributed by atoms with Crippen molar-refractivity contribution in [3.63, 3.8) is 0 Å². The summed E-state index contributed by atoms with van der Waals surface area (Å²) >= 11 is 5.91. The van der Waals surface area contributed by atoms with E-state index in [0.717, 1.165) is 5.56 Å². The molecule has 1 aromatic rings. The number of hydrogen-bond donors (Lipinski definition) is 1. The lowest BCUT2D eigenvalue weighted by molar-refractivity contribution is -0.153. The number of carboxylic acid groups (broad SMARTS) is 1. The van der Waals surface area contributed by atoms with Gasteiger partial charge in [-0.2, -0.15) is 0 Å². The monoisotopic (exact) mass is 281 g/mol. The van der Waals surface area contributed by atoms with E-state index in [1.165, 1.54) is 0 Å². The summed E-state index contributed by atoms with van der Waals surface area (Å²) in [6, 6.07) is 7.25. The number of amides is 1. The molecule has 0 heterocycles. The Balaban J connectivity index is 2.13. The molecule has 1 aromatic carbocycles. The molecule has 19 heavy (non-hydrogen) atoms. The van der Waals surface area contributed by atoms with Gasteiger partial charge in [-0.3, -0.25) is 9.59 Å². The quantitative estimate of drug-likeness (QED) is 0.844. The molecule has 1 aliphatic rings. The summed E-state index contributed by atoms with van der Waals surface area (Å²) in [5, 5.41) is 9.77. The van der Waals surface area contributed by atoms with E-state index in [0.29, 0.717) is 31.0 Å². The number of carboxylic acids is 1. The van der Waals surface area contributed by atoms with Gasteiger partial charge in [0.2, 0.25) is 5.91 Å². The molecule has 4 nitrogen and oxygen atoms in total. The Morgan fingerprint density at radius 1 is 1.42 bits per heavy atom. The molecule has 0 spiro atoms. The van der Waals surface area contributed by atoms with Gasteiger partial charge in [-0.05, 0) is 37.5 Å². The molecule has 1 fully saturated rings. The minimum Gasteiger partial charge on any atom is -0.480 e. The molecule has 1 saturated carbocycles. The van der Waals surface area contributed by atoms with Crippen molar-refractivity contribution in [2.45, 2.75) is 26.3 Å². The first-order chi connectivity index (χ1) is 8.99. The lowest BCUT2D eigenvalue weighted by Gasteiger charge is -2.24. The highest BCUT2D eigenvalue weighted by atomic mass is 35.5. The third-order valence-electron chi connectivity index (χ3n) is 3.50. The Labute approximate surface area is 117 Å². The van der Waals surface area contributed by atoms with E-state index in [9.17, 15) is 9.59 Å². The molecular weight excluding hydrogens is 266 g/mol. The van der Waals surface area contributed by atoms with Crippen LogP contribution in [0.5, 0.6) is 0 Å². The smallest absolute Gasteiger partial charge is 0.319 e. The zero-order chi connectivity index (χ0) is 14.0. The molecule has 5 heteroatoms. The molecule has 0 radical (unpaired) electrons. The SMILES string of the molecule is CCN(Cc1cccc(Cl)c1)C(=O)C1(C(=O)O)CC1. The lowest BCUT2D eigenvalue weighted by atomic mass is 10.1. The fourth-order valence-electron chi connectivity index (χ4n) is 2.13. The molecule has 1 aliphatic carbocycles. The summed E-state index contributed by atoms with van der Waals surface area (Å²) in [7, 11) is 0. The van der Waals surface area contributed by atoms with Gasteiger partial charge in [0.05, 0.1) is 0 Å². The van der Waals surface area contributed by atoms with Crippen molar-refractivity contribution in [2.24, 2.45) is 5.41 Å². The van der Waals surface area contributed by atoms with E-state index in [-0.39, 0.29) is 5.91 Å². The Kier molecular flexibility index (Phi) is 3.80. The summed E-state index contributed by atoms with van der Waals surface area (Å²) in [6.45, 7) is 2.73. The first-order valence-corrected chi connectivity index (χ1v) is 6.64. The van der Waals surface area contributed by atoms with Crippen LogP contribution in [0.2, 0.25) is 5.02 Å². The average molecular weight is 282 g/mol. The average Bonchev–Trinajstić information content (AvgIpc) is 3.16. The van der Waals surface area contributed by atoms with Crippen molar-refractivity contribution in [3.05, 3.63) is 34.9 Å². The van der Waals surface area contributed by atoms with Gasteiger partial charge < -0.3 is 10.0 Å². The fourth-order valence-corrected chi connectivity index (χ4v) is 2.34. The highest BCUT2D eigenvalue weighted by molar-refractivity contribution is 6.30. The summed E-state index contributed by atoms with van der Waals surface area (Å²) in [4.78, 5) is 25.1. The summed E-state index contributed by atoms with van der Waals surface area (Å²) in [6.07, 6.45) is 0.875. The molecule has 0 saturated heterocycles. The van der Waals surface area contributed by atoms with Crippen molar-refractivity contribution in [1.29, 1.82) is 0 Å². The van der Waals surface area contributed by atoms with Gasteiger partial charge in [0.25, 0.3) is 0 Å². The topological polar surface area (TPSA) is 57.6 Å². The largest absolute Gasteiger partial charge is 0.480 e. The van der Waals surface area contributed by atoms with Gasteiger partial charge in [0.1, 0.15) is 5.41 Å². The van der Waals surface area contributed by atoms with Crippen LogP contribution in [0.25, 0.3) is 0 Å². The third kappa shape index (κ3) is 2.73. The molecule has 2 rings (SSSR count). The first kappa shape index (κ1) is 13.9. The second kappa shape index (κ2) is 5.21. The van der Waals surface area contributed by atoms with Crippen molar-refractivity contribution in [1.82, 2.24) is 4.90 Å². The molecule has 0 aliphatic heterocycles. The van der Waals surface area contributed by atoms with Gasteiger partial charge in [0, 0.05) is 18.1 Å². The van der Waals surface area contributed by atoms with Crippen LogP contribution in [0, 0.1) is 5.41 Å². The number of rotatable bonds is 5. The van der Waals surface area contributed by atoms with Gasteiger partial charge in [0.15, 0.2) is 0 Å². The van der Waals surface area contributed by atoms with Gasteiger partial charge >= 0.3 is 5.97 Å². The minimum absolute atomic E-state index is 0.289. The van der Waals surface area contributed by atoms with E-state index in [4.69, 9.17) is 16.7 Å². The molecule has 0 aromatic heterocycles. The Hall–Kier alpha value is -1.55. The van der Waals surface area contributed by atoms with E-state index in [1.54, 1.807) is 17.0 Å². The van der Waals surface area contributed by atoms with Crippen molar-refractivity contribution < 1.29 is 14.7 Å². The minimum atomic E-state index is -1.17. The second-order valence-corrected chi connectivity index (χ2v) is 5.27. The summed E-state index contributed by atoms with van der Waals surface area (Å²) < 4.78 is 0. The van der Waals surface area contributed by atoms with Crippen LogP contribution >= 0.6 is 11.6 Å². The molecular formula is C14H16ClNO3. The molecule has 1 amide bonds. The van der Waals surface area contributed by atoms with Crippen LogP contribution < -0.4 is 0 Å². The van der Waals surface area contributed by atoms with E-state index >= 15 is 0 Å². The van der Waals surface area contributed by atoms with Crippen LogP contribution in [0.4, 0.5) is 0 Å². The number of carbonyl (C=O) groups excluding carboxylic acids is 1.